The Morgan fingerprint density at radius 3 is 2.06 bits per heavy atom. The van der Waals surface area contributed by atoms with Gasteiger partial charge in [0.1, 0.15) is 0 Å². The highest BCUT2D eigenvalue weighted by molar-refractivity contribution is 5.82. The van der Waals surface area contributed by atoms with Gasteiger partial charge in [-0.3, -0.25) is 0 Å². The fraction of sp³-hybridized carbons (Fsp3) is 0.929. The predicted octanol–water partition coefficient (Wildman–Crippen LogP) is 2.97. The Balaban J connectivity index is 2.75. The maximum absolute atomic E-state index is 4.91. The third kappa shape index (κ3) is 4.57. The van der Waals surface area contributed by atoms with Crippen LogP contribution in [0, 0.1) is 0 Å². The van der Waals surface area contributed by atoms with Crippen LogP contribution in [-0.4, -0.2) is 47.5 Å². The van der Waals surface area contributed by atoms with E-state index in [0.29, 0.717) is 0 Å². The second-order valence-electron chi connectivity index (χ2n) is 5.91. The molecule has 1 heterocycles. The first kappa shape index (κ1) is 14.3. The van der Waals surface area contributed by atoms with Gasteiger partial charge in [0.15, 0.2) is 5.96 Å². The van der Waals surface area contributed by atoms with E-state index in [1.807, 2.05) is 0 Å². The highest BCUT2D eigenvalue weighted by atomic mass is 15.4. The van der Waals surface area contributed by atoms with Crippen LogP contribution in [0.1, 0.15) is 53.9 Å². The van der Waals surface area contributed by atoms with Crippen molar-refractivity contribution in [2.24, 2.45) is 4.99 Å². The van der Waals surface area contributed by atoms with Crippen molar-refractivity contribution in [3.8, 4) is 0 Å². The van der Waals surface area contributed by atoms with Gasteiger partial charge in [0.05, 0.1) is 5.54 Å². The van der Waals surface area contributed by atoms with E-state index in [4.69, 9.17) is 4.99 Å². The molecule has 1 fully saturated rings. The Kier molecular flexibility index (Phi) is 5.29. The zero-order valence-electron chi connectivity index (χ0n) is 12.3. The van der Waals surface area contributed by atoms with Crippen molar-refractivity contribution >= 4 is 5.96 Å². The molecule has 3 nitrogen and oxygen atoms in total. The molecule has 17 heavy (non-hydrogen) atoms. The molecule has 0 unspecified atom stereocenters. The smallest absolute Gasteiger partial charge is 0.197 e. The van der Waals surface area contributed by atoms with Crippen LogP contribution < -0.4 is 0 Å². The first-order chi connectivity index (χ1) is 7.98. The lowest BCUT2D eigenvalue weighted by atomic mass is 10.1. The Bertz CT molecular complexity index is 253. The van der Waals surface area contributed by atoms with Gasteiger partial charge in [-0.2, -0.15) is 0 Å². The van der Waals surface area contributed by atoms with E-state index in [1.165, 1.54) is 25.2 Å². The molecule has 1 rings (SSSR count). The number of nitrogens with zero attached hydrogens (tertiary/aromatic N) is 3. The highest BCUT2D eigenvalue weighted by Gasteiger charge is 2.26. The molecule has 3 heteroatoms. The maximum Gasteiger partial charge on any atom is 0.197 e. The summed E-state index contributed by atoms with van der Waals surface area (Å²) in [6.07, 6.45) is 3.72. The third-order valence-electron chi connectivity index (χ3n) is 2.92. The molecule has 1 aliphatic rings. The second kappa shape index (κ2) is 6.27. The molecule has 1 saturated heterocycles. The molecule has 0 atom stereocenters. The minimum Gasteiger partial charge on any atom is -0.341 e. The van der Waals surface area contributed by atoms with Gasteiger partial charge in [-0.15, -0.1) is 0 Å². The number of rotatable bonds is 5. The van der Waals surface area contributed by atoms with E-state index >= 15 is 0 Å². The van der Waals surface area contributed by atoms with Crippen LogP contribution >= 0.6 is 0 Å². The fourth-order valence-corrected chi connectivity index (χ4v) is 2.13. The average molecular weight is 239 g/mol. The fourth-order valence-electron chi connectivity index (χ4n) is 2.13. The molecule has 0 aromatic rings. The summed E-state index contributed by atoms with van der Waals surface area (Å²) in [7, 11) is 0. The molecule has 0 N–H and O–H groups in total. The number of guanidine groups is 1. The van der Waals surface area contributed by atoms with Gasteiger partial charge in [0, 0.05) is 26.2 Å². The van der Waals surface area contributed by atoms with E-state index in [-0.39, 0.29) is 5.54 Å². The molecule has 0 amide bonds. The zero-order valence-corrected chi connectivity index (χ0v) is 12.3. The van der Waals surface area contributed by atoms with E-state index in [9.17, 15) is 0 Å². The van der Waals surface area contributed by atoms with Crippen LogP contribution in [0.3, 0.4) is 0 Å². The van der Waals surface area contributed by atoms with Crippen molar-refractivity contribution < 1.29 is 0 Å². The van der Waals surface area contributed by atoms with E-state index in [0.717, 1.165) is 26.2 Å². The van der Waals surface area contributed by atoms with Crippen LogP contribution in [-0.2, 0) is 0 Å². The van der Waals surface area contributed by atoms with Gasteiger partial charge in [0.25, 0.3) is 0 Å². The standard InChI is InChI=1S/C14H29N3/c1-6-8-10-17-12-11-16(9-7-2)13(17)15-14(3,4)5/h6-12H2,1-5H3. The van der Waals surface area contributed by atoms with Gasteiger partial charge in [-0.25, -0.2) is 4.99 Å². The van der Waals surface area contributed by atoms with Gasteiger partial charge in [0.2, 0.25) is 0 Å². The van der Waals surface area contributed by atoms with Gasteiger partial charge in [-0.1, -0.05) is 20.3 Å². The minimum atomic E-state index is 0.0239. The van der Waals surface area contributed by atoms with E-state index in [1.54, 1.807) is 0 Å². The van der Waals surface area contributed by atoms with Crippen molar-refractivity contribution in [2.45, 2.75) is 59.4 Å². The van der Waals surface area contributed by atoms with Crippen molar-refractivity contribution in [1.82, 2.24) is 9.80 Å². The topological polar surface area (TPSA) is 18.8 Å². The zero-order chi connectivity index (χ0) is 12.9. The summed E-state index contributed by atoms with van der Waals surface area (Å²) in [5, 5.41) is 0. The minimum absolute atomic E-state index is 0.0239. The molecule has 0 aromatic heterocycles. The number of hydrogen-bond acceptors (Lipinski definition) is 1. The van der Waals surface area contributed by atoms with E-state index < -0.39 is 0 Å². The molecular weight excluding hydrogens is 210 g/mol. The van der Waals surface area contributed by atoms with Gasteiger partial charge >= 0.3 is 0 Å². The van der Waals surface area contributed by atoms with Crippen molar-refractivity contribution in [3.63, 3.8) is 0 Å². The first-order valence-corrected chi connectivity index (χ1v) is 7.07. The van der Waals surface area contributed by atoms with Crippen molar-refractivity contribution in [2.75, 3.05) is 26.2 Å². The molecular formula is C14H29N3. The summed E-state index contributed by atoms with van der Waals surface area (Å²) in [4.78, 5) is 9.82. The summed E-state index contributed by atoms with van der Waals surface area (Å²) in [5.41, 5.74) is 0.0239. The molecule has 1 aliphatic heterocycles. The normalized spacial score (nSPS) is 19.5. The Morgan fingerprint density at radius 2 is 1.59 bits per heavy atom. The van der Waals surface area contributed by atoms with Crippen LogP contribution in [0.2, 0.25) is 0 Å². The molecule has 0 bridgehead atoms. The largest absolute Gasteiger partial charge is 0.341 e. The number of unbranched alkanes of at least 4 members (excludes halogenated alkanes) is 1. The SMILES string of the molecule is CCCCN1CCN(CCC)C1=NC(C)(C)C. The summed E-state index contributed by atoms with van der Waals surface area (Å²) in [6, 6.07) is 0. The third-order valence-corrected chi connectivity index (χ3v) is 2.92. The predicted molar refractivity (Wildman–Crippen MR) is 75.5 cm³/mol. The number of aliphatic imine (C=N–C) groups is 1. The summed E-state index contributed by atoms with van der Waals surface area (Å²) < 4.78 is 0. The Labute approximate surface area is 107 Å². The summed E-state index contributed by atoms with van der Waals surface area (Å²) in [5.74, 6) is 1.23. The van der Waals surface area contributed by atoms with Crippen LogP contribution in [0.5, 0.6) is 0 Å². The average Bonchev–Trinajstić information content (AvgIpc) is 2.57. The second-order valence-corrected chi connectivity index (χ2v) is 5.91. The monoisotopic (exact) mass is 239 g/mol. The van der Waals surface area contributed by atoms with Crippen molar-refractivity contribution in [3.05, 3.63) is 0 Å². The van der Waals surface area contributed by atoms with Gasteiger partial charge < -0.3 is 9.80 Å². The van der Waals surface area contributed by atoms with Crippen LogP contribution in [0.15, 0.2) is 4.99 Å². The molecule has 0 saturated carbocycles. The molecule has 0 aromatic carbocycles. The summed E-state index contributed by atoms with van der Waals surface area (Å²) in [6.45, 7) is 15.6. The van der Waals surface area contributed by atoms with Crippen LogP contribution in [0.4, 0.5) is 0 Å². The first-order valence-electron chi connectivity index (χ1n) is 7.07. The molecule has 0 radical (unpaired) electrons. The van der Waals surface area contributed by atoms with Crippen molar-refractivity contribution in [1.29, 1.82) is 0 Å². The lowest BCUT2D eigenvalue weighted by molar-refractivity contribution is 0.431. The van der Waals surface area contributed by atoms with Gasteiger partial charge in [-0.05, 0) is 33.6 Å². The highest BCUT2D eigenvalue weighted by Crippen LogP contribution is 2.16. The Morgan fingerprint density at radius 1 is 1.00 bits per heavy atom. The molecule has 0 aliphatic carbocycles. The molecule has 0 spiro atoms. The Hall–Kier alpha value is -0.730. The lowest BCUT2D eigenvalue weighted by Gasteiger charge is -2.26. The number of hydrogen-bond donors (Lipinski definition) is 0. The summed E-state index contributed by atoms with van der Waals surface area (Å²) >= 11 is 0. The lowest BCUT2D eigenvalue weighted by Crippen LogP contribution is -2.37. The molecule has 100 valence electrons. The quantitative estimate of drug-likeness (QED) is 0.734. The van der Waals surface area contributed by atoms with Crippen LogP contribution in [0.25, 0.3) is 0 Å². The van der Waals surface area contributed by atoms with E-state index in [2.05, 4.69) is 44.4 Å². The maximum atomic E-state index is 4.91.